The van der Waals surface area contributed by atoms with Crippen LogP contribution >= 0.6 is 0 Å². The van der Waals surface area contributed by atoms with Crippen LogP contribution < -0.4 is 10.2 Å². The van der Waals surface area contributed by atoms with Gasteiger partial charge in [0.25, 0.3) is 5.91 Å². The molecule has 6 nitrogen and oxygen atoms in total. The van der Waals surface area contributed by atoms with Crippen LogP contribution in [-0.2, 0) is 10.2 Å². The van der Waals surface area contributed by atoms with Crippen molar-refractivity contribution >= 4 is 17.5 Å². The smallest absolute Gasteiger partial charge is 0.251 e. The Bertz CT molecular complexity index is 880. The summed E-state index contributed by atoms with van der Waals surface area (Å²) >= 11 is 0. The molecule has 1 N–H and O–H groups in total. The number of hydrogen-bond donors (Lipinski definition) is 1. The predicted octanol–water partition coefficient (Wildman–Crippen LogP) is 3.48. The number of amides is 2. The molecule has 2 heterocycles. The first kappa shape index (κ1) is 22.8. The summed E-state index contributed by atoms with van der Waals surface area (Å²) < 4.78 is 0. The van der Waals surface area contributed by atoms with Crippen LogP contribution in [0, 0.1) is 5.92 Å². The fraction of sp³-hybridized carbons (Fsp3) is 0.480. The zero-order valence-electron chi connectivity index (χ0n) is 19.3. The summed E-state index contributed by atoms with van der Waals surface area (Å²) in [6.45, 7) is 13.2. The third kappa shape index (κ3) is 5.63. The first-order chi connectivity index (χ1) is 14.7. The van der Waals surface area contributed by atoms with E-state index >= 15 is 0 Å². The van der Waals surface area contributed by atoms with Crippen LogP contribution in [0.1, 0.15) is 50.5 Å². The van der Waals surface area contributed by atoms with Crippen molar-refractivity contribution in [3.05, 3.63) is 59.9 Å². The van der Waals surface area contributed by atoms with Crippen molar-refractivity contribution in [3.63, 3.8) is 0 Å². The number of rotatable bonds is 5. The number of pyridine rings is 1. The molecular formula is C25H34N4O2. The molecule has 0 unspecified atom stereocenters. The highest BCUT2D eigenvalue weighted by atomic mass is 16.2. The van der Waals surface area contributed by atoms with Gasteiger partial charge in [0, 0.05) is 49.8 Å². The van der Waals surface area contributed by atoms with Crippen LogP contribution in [0.15, 0.2) is 48.8 Å². The first-order valence-corrected chi connectivity index (χ1v) is 11.0. The minimum Gasteiger partial charge on any atom is -0.368 e. The minimum absolute atomic E-state index is 0.00326. The molecular weight excluding hydrogens is 388 g/mol. The molecule has 2 aromatic rings. The Hall–Kier alpha value is -2.89. The van der Waals surface area contributed by atoms with Crippen LogP contribution in [-0.4, -0.2) is 53.9 Å². The van der Waals surface area contributed by atoms with E-state index in [1.54, 1.807) is 12.4 Å². The van der Waals surface area contributed by atoms with E-state index < -0.39 is 6.04 Å². The highest BCUT2D eigenvalue weighted by Crippen LogP contribution is 2.22. The largest absolute Gasteiger partial charge is 0.368 e. The Morgan fingerprint density at radius 1 is 0.935 bits per heavy atom. The van der Waals surface area contributed by atoms with Crippen molar-refractivity contribution < 1.29 is 9.59 Å². The topological polar surface area (TPSA) is 65.5 Å². The second kappa shape index (κ2) is 9.50. The van der Waals surface area contributed by atoms with E-state index in [2.05, 4.69) is 36.0 Å². The third-order valence-corrected chi connectivity index (χ3v) is 5.85. The van der Waals surface area contributed by atoms with Crippen molar-refractivity contribution in [2.75, 3.05) is 31.1 Å². The predicted molar refractivity (Wildman–Crippen MR) is 124 cm³/mol. The van der Waals surface area contributed by atoms with Gasteiger partial charge < -0.3 is 15.1 Å². The number of anilines is 1. The molecule has 0 aliphatic carbocycles. The van der Waals surface area contributed by atoms with Gasteiger partial charge in [-0.05, 0) is 41.2 Å². The first-order valence-electron chi connectivity index (χ1n) is 11.0. The van der Waals surface area contributed by atoms with Crippen molar-refractivity contribution in [2.45, 2.75) is 46.1 Å². The van der Waals surface area contributed by atoms with Gasteiger partial charge in [0.05, 0.1) is 0 Å². The molecule has 31 heavy (non-hydrogen) atoms. The average molecular weight is 423 g/mol. The van der Waals surface area contributed by atoms with Crippen LogP contribution in [0.2, 0.25) is 0 Å². The fourth-order valence-electron chi connectivity index (χ4n) is 3.80. The van der Waals surface area contributed by atoms with Gasteiger partial charge in [0.1, 0.15) is 6.04 Å². The van der Waals surface area contributed by atoms with E-state index in [1.807, 2.05) is 55.1 Å². The van der Waals surface area contributed by atoms with Crippen molar-refractivity contribution in [2.24, 2.45) is 5.92 Å². The normalized spacial score (nSPS) is 15.7. The lowest BCUT2D eigenvalue weighted by Crippen LogP contribution is -2.56. The van der Waals surface area contributed by atoms with Crippen LogP contribution in [0.25, 0.3) is 0 Å². The molecule has 1 aromatic heterocycles. The summed E-state index contributed by atoms with van der Waals surface area (Å²) in [7, 11) is 0. The number of nitrogens with one attached hydrogen (secondary N) is 1. The minimum atomic E-state index is -0.540. The van der Waals surface area contributed by atoms with Crippen LogP contribution in [0.4, 0.5) is 5.69 Å². The summed E-state index contributed by atoms with van der Waals surface area (Å²) in [6, 6.07) is 11.1. The number of nitrogens with zero attached hydrogens (tertiary/aromatic N) is 3. The summed E-state index contributed by atoms with van der Waals surface area (Å²) in [5, 5.41) is 2.98. The lowest BCUT2D eigenvalue weighted by atomic mass is 9.86. The summed E-state index contributed by atoms with van der Waals surface area (Å²) in [6.07, 6.45) is 3.57. The van der Waals surface area contributed by atoms with Gasteiger partial charge in [-0.2, -0.15) is 0 Å². The molecule has 0 radical (unpaired) electrons. The fourth-order valence-corrected chi connectivity index (χ4v) is 3.80. The van der Waals surface area contributed by atoms with E-state index in [4.69, 9.17) is 0 Å². The van der Waals surface area contributed by atoms with E-state index in [-0.39, 0.29) is 23.1 Å². The Balaban J connectivity index is 1.62. The van der Waals surface area contributed by atoms with Gasteiger partial charge in [0.2, 0.25) is 5.91 Å². The van der Waals surface area contributed by atoms with Crippen LogP contribution in [0.5, 0.6) is 0 Å². The molecule has 1 fully saturated rings. The quantitative estimate of drug-likeness (QED) is 0.801. The van der Waals surface area contributed by atoms with Gasteiger partial charge in [-0.25, -0.2) is 0 Å². The van der Waals surface area contributed by atoms with Crippen LogP contribution in [0.3, 0.4) is 0 Å². The number of aromatic nitrogens is 1. The van der Waals surface area contributed by atoms with Crippen molar-refractivity contribution in [1.29, 1.82) is 0 Å². The molecule has 0 saturated carbocycles. The van der Waals surface area contributed by atoms with Gasteiger partial charge in [-0.15, -0.1) is 0 Å². The highest BCUT2D eigenvalue weighted by Gasteiger charge is 2.31. The summed E-state index contributed by atoms with van der Waals surface area (Å²) in [5.74, 6) is -0.213. The maximum absolute atomic E-state index is 13.2. The lowest BCUT2D eigenvalue weighted by molar-refractivity contribution is -0.134. The number of benzene rings is 1. The third-order valence-electron chi connectivity index (χ3n) is 5.85. The Morgan fingerprint density at radius 2 is 1.52 bits per heavy atom. The zero-order valence-corrected chi connectivity index (χ0v) is 19.3. The van der Waals surface area contributed by atoms with Crippen molar-refractivity contribution in [1.82, 2.24) is 15.2 Å². The van der Waals surface area contributed by atoms with Gasteiger partial charge in [-0.1, -0.05) is 46.8 Å². The maximum Gasteiger partial charge on any atom is 0.251 e. The second-order valence-electron chi connectivity index (χ2n) is 9.54. The van der Waals surface area contributed by atoms with Gasteiger partial charge in [-0.3, -0.25) is 14.6 Å². The summed E-state index contributed by atoms with van der Waals surface area (Å²) in [4.78, 5) is 34.3. The number of hydrogen-bond acceptors (Lipinski definition) is 4. The van der Waals surface area contributed by atoms with E-state index in [0.717, 1.165) is 18.8 Å². The molecule has 6 heteroatoms. The molecule has 3 rings (SSSR count). The van der Waals surface area contributed by atoms with Gasteiger partial charge >= 0.3 is 0 Å². The zero-order chi connectivity index (χ0) is 22.6. The van der Waals surface area contributed by atoms with E-state index in [9.17, 15) is 9.59 Å². The number of carbonyl (C=O) groups is 2. The Labute approximate surface area is 185 Å². The Kier molecular flexibility index (Phi) is 6.98. The average Bonchev–Trinajstić information content (AvgIpc) is 2.77. The highest BCUT2D eigenvalue weighted by molar-refractivity contribution is 5.97. The molecule has 1 saturated heterocycles. The molecule has 0 bridgehead atoms. The molecule has 2 amide bonds. The van der Waals surface area contributed by atoms with E-state index in [1.165, 1.54) is 5.56 Å². The molecule has 1 aromatic carbocycles. The standard InChI is InChI=1S/C25H34N4O2/c1-18(2)22(27-23(30)19-6-8-20(9-7-19)25(3,4)5)24(31)29-16-14-28(15-17-29)21-10-12-26-13-11-21/h6-13,18,22H,14-17H2,1-5H3,(H,27,30)/t22-/m0/s1. The Morgan fingerprint density at radius 3 is 2.03 bits per heavy atom. The molecule has 166 valence electrons. The van der Waals surface area contributed by atoms with Crippen molar-refractivity contribution in [3.8, 4) is 0 Å². The molecule has 1 aliphatic heterocycles. The second-order valence-corrected chi connectivity index (χ2v) is 9.54. The summed E-state index contributed by atoms with van der Waals surface area (Å²) in [5.41, 5.74) is 2.90. The van der Waals surface area contributed by atoms with E-state index in [0.29, 0.717) is 18.7 Å². The van der Waals surface area contributed by atoms with Gasteiger partial charge in [0.15, 0.2) is 0 Å². The molecule has 1 aliphatic rings. The molecule has 0 spiro atoms. The maximum atomic E-state index is 13.2. The SMILES string of the molecule is CC(C)[C@H](NC(=O)c1ccc(C(C)(C)C)cc1)C(=O)N1CCN(c2ccncc2)CC1. The monoisotopic (exact) mass is 422 g/mol. The lowest BCUT2D eigenvalue weighted by Gasteiger charge is -2.38. The number of carbonyl (C=O) groups excluding carboxylic acids is 2. The number of piperazine rings is 1. The molecule has 1 atom stereocenters.